The topological polar surface area (TPSA) is 62.9 Å². The van der Waals surface area contributed by atoms with E-state index in [1.54, 1.807) is 6.07 Å². The van der Waals surface area contributed by atoms with Gasteiger partial charge in [-0.25, -0.2) is 9.38 Å². The number of halogens is 2. The summed E-state index contributed by atoms with van der Waals surface area (Å²) >= 11 is 0. The summed E-state index contributed by atoms with van der Waals surface area (Å²) in [5, 5.41) is 3.10. The van der Waals surface area contributed by atoms with Crippen LogP contribution in [0.25, 0.3) is 0 Å². The number of nitrogens with one attached hydrogen (secondary N) is 1. The monoisotopic (exact) mass is 498 g/mol. The summed E-state index contributed by atoms with van der Waals surface area (Å²) < 4.78 is 19.8. The molecule has 0 unspecified atom stereocenters. The highest BCUT2D eigenvalue weighted by Gasteiger charge is 2.15. The lowest BCUT2D eigenvalue weighted by atomic mass is 10.0. The Bertz CT molecular complexity index is 807. The van der Waals surface area contributed by atoms with Crippen LogP contribution in [-0.2, 0) is 11.3 Å². The van der Waals surface area contributed by atoms with Crippen molar-refractivity contribution in [3.05, 3.63) is 59.4 Å². The predicted octanol–water partition coefficient (Wildman–Crippen LogP) is 4.33. The van der Waals surface area contributed by atoms with Gasteiger partial charge < -0.3 is 20.7 Å². The number of ether oxygens (including phenoxy) is 1. The summed E-state index contributed by atoms with van der Waals surface area (Å²) in [6, 6.07) is 13.3. The molecule has 152 valence electrons. The number of nitrogens with two attached hydrogens (primary N) is 1. The molecule has 28 heavy (non-hydrogen) atoms. The van der Waals surface area contributed by atoms with Crippen molar-refractivity contribution in [2.24, 2.45) is 10.7 Å². The minimum Gasteiger partial charge on any atom is -0.378 e. The van der Waals surface area contributed by atoms with Crippen molar-refractivity contribution in [2.45, 2.75) is 26.3 Å². The maximum Gasteiger partial charge on any atom is 0.193 e. The van der Waals surface area contributed by atoms with Crippen LogP contribution in [-0.4, -0.2) is 32.3 Å². The summed E-state index contributed by atoms with van der Waals surface area (Å²) in [5.41, 5.74) is 9.51. The molecular weight excluding hydrogens is 470 g/mol. The third kappa shape index (κ3) is 6.07. The highest BCUT2D eigenvalue weighted by Crippen LogP contribution is 2.22. The average molecular weight is 498 g/mol. The van der Waals surface area contributed by atoms with E-state index in [1.165, 1.54) is 11.6 Å². The van der Waals surface area contributed by atoms with Crippen LogP contribution < -0.4 is 16.0 Å². The first kappa shape index (κ1) is 22.4. The minimum absolute atomic E-state index is 0. The van der Waals surface area contributed by atoms with Crippen LogP contribution >= 0.6 is 24.0 Å². The highest BCUT2D eigenvalue weighted by atomic mass is 127. The zero-order chi connectivity index (χ0) is 19.2. The number of aliphatic imine (C=N–C) groups is 1. The Hall–Kier alpha value is -1.87. The van der Waals surface area contributed by atoms with Crippen molar-refractivity contribution in [1.29, 1.82) is 0 Å². The lowest BCUT2D eigenvalue weighted by Gasteiger charge is -2.29. The molecule has 3 rings (SSSR count). The van der Waals surface area contributed by atoms with E-state index in [0.29, 0.717) is 50.4 Å². The van der Waals surface area contributed by atoms with E-state index in [0.717, 1.165) is 11.3 Å². The van der Waals surface area contributed by atoms with Crippen LogP contribution in [0.4, 0.5) is 15.8 Å². The SMILES string of the molecule is CC(C)c1cccc(NC(N)=NCc2ccc(N3CCOCC3)c(F)c2)c1.I. The molecule has 2 aromatic carbocycles. The Labute approximate surface area is 183 Å². The fraction of sp³-hybridized carbons (Fsp3) is 0.381. The molecular formula is C21H28FIN4O. The van der Waals surface area contributed by atoms with Crippen LogP contribution in [0.2, 0.25) is 0 Å². The van der Waals surface area contributed by atoms with Crippen molar-refractivity contribution >= 4 is 41.3 Å². The molecule has 7 heteroatoms. The average Bonchev–Trinajstić information content (AvgIpc) is 2.67. The molecule has 0 aromatic heterocycles. The van der Waals surface area contributed by atoms with Crippen LogP contribution in [0.1, 0.15) is 30.9 Å². The van der Waals surface area contributed by atoms with Crippen LogP contribution in [0.15, 0.2) is 47.5 Å². The second-order valence-electron chi connectivity index (χ2n) is 6.99. The molecule has 0 amide bonds. The molecule has 0 spiro atoms. The molecule has 1 aliphatic heterocycles. The van der Waals surface area contributed by atoms with Crippen molar-refractivity contribution in [3.63, 3.8) is 0 Å². The highest BCUT2D eigenvalue weighted by molar-refractivity contribution is 14.0. The smallest absolute Gasteiger partial charge is 0.193 e. The number of benzene rings is 2. The van der Waals surface area contributed by atoms with Gasteiger partial charge in [0.15, 0.2) is 5.96 Å². The van der Waals surface area contributed by atoms with E-state index in [2.05, 4.69) is 36.3 Å². The first-order valence-corrected chi connectivity index (χ1v) is 9.31. The van der Waals surface area contributed by atoms with E-state index in [9.17, 15) is 4.39 Å². The van der Waals surface area contributed by atoms with Crippen molar-refractivity contribution < 1.29 is 9.13 Å². The molecule has 3 N–H and O–H groups in total. The van der Waals surface area contributed by atoms with Gasteiger partial charge in [0, 0.05) is 18.8 Å². The van der Waals surface area contributed by atoms with Gasteiger partial charge >= 0.3 is 0 Å². The van der Waals surface area contributed by atoms with E-state index in [1.807, 2.05) is 23.1 Å². The summed E-state index contributed by atoms with van der Waals surface area (Å²) in [6.45, 7) is 7.29. The normalized spacial score (nSPS) is 14.7. The maximum atomic E-state index is 14.4. The molecule has 1 saturated heterocycles. The number of nitrogens with zero attached hydrogens (tertiary/aromatic N) is 2. The van der Waals surface area contributed by atoms with Crippen LogP contribution in [0, 0.1) is 5.82 Å². The number of rotatable bonds is 5. The molecule has 0 radical (unpaired) electrons. The molecule has 2 aromatic rings. The molecule has 1 heterocycles. The van der Waals surface area contributed by atoms with Crippen molar-refractivity contribution in [3.8, 4) is 0 Å². The van der Waals surface area contributed by atoms with Gasteiger partial charge in [-0.1, -0.05) is 32.0 Å². The Balaban J connectivity index is 0.00000280. The molecule has 0 bridgehead atoms. The first-order valence-electron chi connectivity index (χ1n) is 9.31. The van der Waals surface area contributed by atoms with Gasteiger partial charge in [0.25, 0.3) is 0 Å². The second-order valence-corrected chi connectivity index (χ2v) is 6.99. The zero-order valence-corrected chi connectivity index (χ0v) is 18.7. The Morgan fingerprint density at radius 2 is 1.96 bits per heavy atom. The van der Waals surface area contributed by atoms with E-state index >= 15 is 0 Å². The Kier molecular flexibility index (Phi) is 8.50. The second kappa shape index (κ2) is 10.6. The van der Waals surface area contributed by atoms with Crippen molar-refractivity contribution in [2.75, 3.05) is 36.5 Å². The fourth-order valence-corrected chi connectivity index (χ4v) is 3.05. The quantitative estimate of drug-likeness (QED) is 0.366. The van der Waals surface area contributed by atoms with Gasteiger partial charge in [0.2, 0.25) is 0 Å². The summed E-state index contributed by atoms with van der Waals surface area (Å²) in [6.07, 6.45) is 0. The lowest BCUT2D eigenvalue weighted by molar-refractivity contribution is 0.122. The summed E-state index contributed by atoms with van der Waals surface area (Å²) in [7, 11) is 0. The van der Waals surface area contributed by atoms with Gasteiger partial charge in [-0.15, -0.1) is 24.0 Å². The Morgan fingerprint density at radius 1 is 1.21 bits per heavy atom. The number of hydrogen-bond donors (Lipinski definition) is 2. The lowest BCUT2D eigenvalue weighted by Crippen LogP contribution is -2.36. The van der Waals surface area contributed by atoms with E-state index in [-0.39, 0.29) is 29.8 Å². The molecule has 1 fully saturated rings. The zero-order valence-electron chi connectivity index (χ0n) is 16.3. The largest absolute Gasteiger partial charge is 0.378 e. The van der Waals surface area contributed by atoms with Crippen LogP contribution in [0.3, 0.4) is 0 Å². The van der Waals surface area contributed by atoms with Crippen molar-refractivity contribution in [1.82, 2.24) is 0 Å². The van der Waals surface area contributed by atoms with Gasteiger partial charge in [-0.2, -0.15) is 0 Å². The van der Waals surface area contributed by atoms with Gasteiger partial charge in [-0.05, 0) is 41.3 Å². The van der Waals surface area contributed by atoms with E-state index in [4.69, 9.17) is 10.5 Å². The standard InChI is InChI=1S/C21H27FN4O.HI/c1-15(2)17-4-3-5-18(13-17)25-21(23)24-14-16-6-7-20(19(22)12-16)26-8-10-27-11-9-26;/h3-7,12-13,15H,8-11,14H2,1-2H3,(H3,23,24,25);1H. The van der Waals surface area contributed by atoms with Crippen LogP contribution in [0.5, 0.6) is 0 Å². The summed E-state index contributed by atoms with van der Waals surface area (Å²) in [4.78, 5) is 6.33. The Morgan fingerprint density at radius 3 is 2.64 bits per heavy atom. The minimum atomic E-state index is -0.235. The van der Waals surface area contributed by atoms with Gasteiger partial charge in [0.05, 0.1) is 25.4 Å². The third-order valence-electron chi connectivity index (χ3n) is 4.62. The first-order chi connectivity index (χ1) is 13.0. The fourth-order valence-electron chi connectivity index (χ4n) is 3.05. The number of guanidine groups is 1. The number of anilines is 2. The third-order valence-corrected chi connectivity index (χ3v) is 4.62. The number of hydrogen-bond acceptors (Lipinski definition) is 3. The summed E-state index contributed by atoms with van der Waals surface area (Å²) in [5.74, 6) is 0.521. The van der Waals surface area contributed by atoms with Gasteiger partial charge in [-0.3, -0.25) is 0 Å². The molecule has 0 saturated carbocycles. The number of morpholine rings is 1. The maximum absolute atomic E-state index is 14.4. The van der Waals surface area contributed by atoms with Gasteiger partial charge in [0.1, 0.15) is 5.82 Å². The predicted molar refractivity (Wildman–Crippen MR) is 124 cm³/mol. The van der Waals surface area contributed by atoms with E-state index < -0.39 is 0 Å². The molecule has 5 nitrogen and oxygen atoms in total. The molecule has 1 aliphatic rings. The molecule has 0 aliphatic carbocycles. The molecule has 0 atom stereocenters.